The van der Waals surface area contributed by atoms with Gasteiger partial charge in [0.05, 0.1) is 28.4 Å². The van der Waals surface area contributed by atoms with E-state index in [9.17, 15) is 9.18 Å². The first-order chi connectivity index (χ1) is 15.9. The van der Waals surface area contributed by atoms with Crippen LogP contribution in [-0.4, -0.2) is 35.1 Å². The van der Waals surface area contributed by atoms with Crippen LogP contribution < -0.4 is 20.1 Å². The second-order valence-electron chi connectivity index (χ2n) is 7.35. The molecule has 1 aromatic heterocycles. The van der Waals surface area contributed by atoms with E-state index in [0.717, 1.165) is 0 Å². The number of aromatic nitrogens is 2. The molecule has 0 radical (unpaired) electrons. The molecule has 3 aromatic rings. The van der Waals surface area contributed by atoms with E-state index in [-0.39, 0.29) is 33.8 Å². The van der Waals surface area contributed by atoms with E-state index in [0.29, 0.717) is 41.1 Å². The molecule has 170 valence electrons. The normalized spacial score (nSPS) is 16.9. The molecule has 1 aliphatic rings. The Balaban J connectivity index is 1.58. The van der Waals surface area contributed by atoms with Gasteiger partial charge in [-0.2, -0.15) is 0 Å². The van der Waals surface area contributed by atoms with Crippen LogP contribution in [-0.2, 0) is 4.79 Å². The SMILES string of the molecule is CC#CC(=O)NC1CC(Oc2cc3c(Nc4ccc(Cl)c(Cl)c4F)ncnc3cc2OC)C1. The first-order valence-corrected chi connectivity index (χ1v) is 10.8. The molecule has 10 heteroatoms. The summed E-state index contributed by atoms with van der Waals surface area (Å²) in [5.41, 5.74) is 0.699. The number of carbonyl (C=O) groups excluding carboxylic acids is 1. The van der Waals surface area contributed by atoms with Crippen molar-refractivity contribution < 1.29 is 18.7 Å². The smallest absolute Gasteiger partial charge is 0.296 e. The van der Waals surface area contributed by atoms with Crippen LogP contribution in [0.1, 0.15) is 19.8 Å². The minimum atomic E-state index is -0.684. The largest absolute Gasteiger partial charge is 0.493 e. The van der Waals surface area contributed by atoms with Crippen molar-refractivity contribution in [3.63, 3.8) is 0 Å². The zero-order valence-electron chi connectivity index (χ0n) is 17.7. The molecule has 1 heterocycles. The van der Waals surface area contributed by atoms with Gasteiger partial charge in [0.15, 0.2) is 17.3 Å². The van der Waals surface area contributed by atoms with Crippen molar-refractivity contribution in [3.05, 3.63) is 46.5 Å². The van der Waals surface area contributed by atoms with E-state index >= 15 is 0 Å². The molecule has 0 atom stereocenters. The van der Waals surface area contributed by atoms with E-state index in [2.05, 4.69) is 32.4 Å². The molecule has 33 heavy (non-hydrogen) atoms. The van der Waals surface area contributed by atoms with Crippen molar-refractivity contribution in [2.24, 2.45) is 0 Å². The van der Waals surface area contributed by atoms with Crippen LogP contribution in [0.3, 0.4) is 0 Å². The third-order valence-electron chi connectivity index (χ3n) is 5.17. The van der Waals surface area contributed by atoms with E-state index in [1.165, 1.54) is 25.6 Å². The Hall–Kier alpha value is -3.28. The van der Waals surface area contributed by atoms with E-state index in [1.807, 2.05) is 0 Å². The van der Waals surface area contributed by atoms with Crippen LogP contribution >= 0.6 is 23.2 Å². The summed E-state index contributed by atoms with van der Waals surface area (Å²) in [5, 5.41) is 6.31. The number of fused-ring (bicyclic) bond motifs is 1. The monoisotopic (exact) mass is 488 g/mol. The fourth-order valence-electron chi connectivity index (χ4n) is 3.46. The van der Waals surface area contributed by atoms with Gasteiger partial charge in [0.25, 0.3) is 5.91 Å². The molecule has 0 aliphatic heterocycles. The quantitative estimate of drug-likeness (QED) is 0.380. The molecular weight excluding hydrogens is 470 g/mol. The van der Waals surface area contributed by atoms with Gasteiger partial charge < -0.3 is 20.1 Å². The number of nitrogens with zero attached hydrogens (tertiary/aromatic N) is 2. The van der Waals surface area contributed by atoms with Gasteiger partial charge in [0.2, 0.25) is 0 Å². The Morgan fingerprint density at radius 3 is 2.73 bits per heavy atom. The summed E-state index contributed by atoms with van der Waals surface area (Å²) in [5.74, 6) is 5.39. The number of carbonyl (C=O) groups is 1. The van der Waals surface area contributed by atoms with Gasteiger partial charge in [-0.15, -0.1) is 0 Å². The number of halogens is 3. The Morgan fingerprint density at radius 2 is 2.00 bits per heavy atom. The lowest BCUT2D eigenvalue weighted by atomic mass is 9.89. The zero-order valence-corrected chi connectivity index (χ0v) is 19.2. The molecule has 4 rings (SSSR count). The third-order valence-corrected chi connectivity index (χ3v) is 5.95. The minimum absolute atomic E-state index is 0.00740. The number of amides is 1. The van der Waals surface area contributed by atoms with Crippen molar-refractivity contribution in [1.82, 2.24) is 15.3 Å². The highest BCUT2D eigenvalue weighted by Crippen LogP contribution is 2.38. The number of hydrogen-bond donors (Lipinski definition) is 2. The molecule has 0 bridgehead atoms. The van der Waals surface area contributed by atoms with Gasteiger partial charge in [-0.25, -0.2) is 14.4 Å². The number of methoxy groups -OCH3 is 1. The fourth-order valence-corrected chi connectivity index (χ4v) is 3.77. The van der Waals surface area contributed by atoms with Crippen LogP contribution in [0.15, 0.2) is 30.6 Å². The minimum Gasteiger partial charge on any atom is -0.493 e. The molecule has 1 saturated carbocycles. The standard InChI is InChI=1S/C23H19Cl2FN4O3/c1-3-4-20(31)29-12-7-13(8-12)33-19-9-14-17(10-18(19)32-2)27-11-28-23(14)30-16-6-5-15(24)21(25)22(16)26/h5-6,9-13H,7-8H2,1-2H3,(H,29,31)(H,27,28,30). The van der Waals surface area contributed by atoms with Crippen LogP contribution in [0.25, 0.3) is 10.9 Å². The lowest BCUT2D eigenvalue weighted by Gasteiger charge is -2.35. The molecule has 2 aromatic carbocycles. The Morgan fingerprint density at radius 1 is 1.21 bits per heavy atom. The molecule has 7 nitrogen and oxygen atoms in total. The van der Waals surface area contributed by atoms with E-state index in [1.54, 1.807) is 19.1 Å². The fraction of sp³-hybridized carbons (Fsp3) is 0.261. The summed E-state index contributed by atoms with van der Waals surface area (Å²) >= 11 is 11.8. The first kappa shape index (κ1) is 22.9. The first-order valence-electron chi connectivity index (χ1n) is 10.0. The van der Waals surface area contributed by atoms with E-state index in [4.69, 9.17) is 32.7 Å². The number of rotatable bonds is 6. The zero-order chi connectivity index (χ0) is 23.5. The highest BCUT2D eigenvalue weighted by Gasteiger charge is 2.32. The Labute approximate surface area is 199 Å². The average molecular weight is 489 g/mol. The van der Waals surface area contributed by atoms with Crippen molar-refractivity contribution >= 4 is 51.5 Å². The van der Waals surface area contributed by atoms with Crippen LogP contribution in [0.2, 0.25) is 10.0 Å². The van der Waals surface area contributed by atoms with Crippen molar-refractivity contribution in [2.45, 2.75) is 31.9 Å². The number of ether oxygens (including phenoxy) is 2. The number of anilines is 2. The van der Waals surface area contributed by atoms with Gasteiger partial charge in [-0.1, -0.05) is 29.1 Å². The lowest BCUT2D eigenvalue weighted by molar-refractivity contribution is -0.117. The third kappa shape index (κ3) is 4.90. The number of hydrogen-bond acceptors (Lipinski definition) is 6. The van der Waals surface area contributed by atoms with Crippen molar-refractivity contribution in [1.29, 1.82) is 0 Å². The maximum absolute atomic E-state index is 14.5. The summed E-state index contributed by atoms with van der Waals surface area (Å²) in [6.07, 6.45) is 2.54. The topological polar surface area (TPSA) is 85.4 Å². The van der Waals surface area contributed by atoms with Gasteiger partial charge >= 0.3 is 0 Å². The van der Waals surface area contributed by atoms with Crippen molar-refractivity contribution in [3.8, 4) is 23.3 Å². The molecule has 1 amide bonds. The van der Waals surface area contributed by atoms with Gasteiger partial charge in [0, 0.05) is 30.3 Å². The summed E-state index contributed by atoms with van der Waals surface area (Å²) in [6.45, 7) is 1.61. The second kappa shape index (κ2) is 9.69. The number of nitrogens with one attached hydrogen (secondary N) is 2. The highest BCUT2D eigenvalue weighted by atomic mass is 35.5. The average Bonchev–Trinajstić information content (AvgIpc) is 2.78. The summed E-state index contributed by atoms with van der Waals surface area (Å²) in [7, 11) is 1.53. The maximum atomic E-state index is 14.5. The Kier molecular flexibility index (Phi) is 6.72. The van der Waals surface area contributed by atoms with Crippen molar-refractivity contribution in [2.75, 3.05) is 12.4 Å². The molecule has 1 aliphatic carbocycles. The van der Waals surface area contributed by atoms with Gasteiger partial charge in [-0.05, 0) is 31.0 Å². The molecule has 2 N–H and O–H groups in total. The second-order valence-corrected chi connectivity index (χ2v) is 8.13. The number of benzene rings is 2. The van der Waals surface area contributed by atoms with Gasteiger partial charge in [-0.3, -0.25) is 4.79 Å². The molecule has 0 unspecified atom stereocenters. The van der Waals surface area contributed by atoms with Crippen LogP contribution in [0.4, 0.5) is 15.9 Å². The molecule has 0 saturated heterocycles. The summed E-state index contributed by atoms with van der Waals surface area (Å²) < 4.78 is 26.1. The molecule has 1 fully saturated rings. The lowest BCUT2D eigenvalue weighted by Crippen LogP contribution is -2.48. The highest BCUT2D eigenvalue weighted by molar-refractivity contribution is 6.42. The predicted octanol–water partition coefficient (Wildman–Crippen LogP) is 4.88. The predicted molar refractivity (Wildman–Crippen MR) is 125 cm³/mol. The van der Waals surface area contributed by atoms with E-state index < -0.39 is 5.82 Å². The summed E-state index contributed by atoms with van der Waals surface area (Å²) in [6, 6.07) is 6.43. The van der Waals surface area contributed by atoms with Crippen LogP contribution in [0.5, 0.6) is 11.5 Å². The Bertz CT molecular complexity index is 1290. The van der Waals surface area contributed by atoms with Crippen LogP contribution in [0, 0.1) is 17.7 Å². The summed E-state index contributed by atoms with van der Waals surface area (Å²) in [4.78, 5) is 20.1. The maximum Gasteiger partial charge on any atom is 0.296 e. The van der Waals surface area contributed by atoms with Gasteiger partial charge in [0.1, 0.15) is 18.2 Å². The molecular formula is C23H19Cl2FN4O3. The molecule has 0 spiro atoms.